The molecule has 0 aliphatic carbocycles. The lowest BCUT2D eigenvalue weighted by Crippen LogP contribution is -2.42. The second-order valence-electron chi connectivity index (χ2n) is 7.32. The first-order chi connectivity index (χ1) is 13.8. The summed E-state index contributed by atoms with van der Waals surface area (Å²) < 4.78 is 25.8. The number of benzene rings is 2. The molecule has 7 heteroatoms. The van der Waals surface area contributed by atoms with Crippen molar-refractivity contribution in [2.75, 3.05) is 10.6 Å². The number of anilines is 2. The Morgan fingerprint density at radius 3 is 2.55 bits per heavy atom. The molecular weight excluding hydrogens is 388 g/mol. The van der Waals surface area contributed by atoms with Crippen molar-refractivity contribution in [1.82, 2.24) is 0 Å². The molecule has 2 N–H and O–H groups in total. The predicted molar refractivity (Wildman–Crippen MR) is 114 cm³/mol. The topological polar surface area (TPSA) is 92.3 Å². The Hall–Kier alpha value is -2.67. The molecule has 0 saturated heterocycles. The van der Waals surface area contributed by atoms with E-state index in [1.54, 1.807) is 12.1 Å². The zero-order valence-corrected chi connectivity index (χ0v) is 17.7. The summed E-state index contributed by atoms with van der Waals surface area (Å²) in [6.07, 6.45) is 1.21. The highest BCUT2D eigenvalue weighted by atomic mass is 32.2. The Bertz CT molecular complexity index is 1050. The van der Waals surface area contributed by atoms with Crippen molar-refractivity contribution in [3.63, 3.8) is 0 Å². The molecule has 0 fully saturated rings. The van der Waals surface area contributed by atoms with Crippen LogP contribution in [0.2, 0.25) is 0 Å². The van der Waals surface area contributed by atoms with Crippen LogP contribution < -0.4 is 10.6 Å². The summed E-state index contributed by atoms with van der Waals surface area (Å²) in [7, 11) is -3.94. The third-order valence-electron chi connectivity index (χ3n) is 5.46. The van der Waals surface area contributed by atoms with Crippen LogP contribution in [0.5, 0.6) is 0 Å². The third kappa shape index (κ3) is 4.05. The number of hydrogen-bond acceptors (Lipinski definition) is 4. The van der Waals surface area contributed by atoms with E-state index >= 15 is 0 Å². The summed E-state index contributed by atoms with van der Waals surface area (Å²) in [5.41, 5.74) is 2.98. The molecule has 6 nitrogen and oxygen atoms in total. The first-order valence-electron chi connectivity index (χ1n) is 9.85. The third-order valence-corrected chi connectivity index (χ3v) is 7.56. The lowest BCUT2D eigenvalue weighted by atomic mass is 9.93. The second kappa shape index (κ2) is 8.37. The number of nitrogens with one attached hydrogen (secondary N) is 2. The van der Waals surface area contributed by atoms with Crippen molar-refractivity contribution in [1.29, 1.82) is 0 Å². The zero-order chi connectivity index (χ0) is 21.2. The fourth-order valence-electron chi connectivity index (χ4n) is 3.58. The number of carbonyl (C=O) groups excluding carboxylic acids is 2. The number of para-hydroxylation sites is 2. The van der Waals surface area contributed by atoms with Gasteiger partial charge in [0.15, 0.2) is 15.1 Å². The van der Waals surface area contributed by atoms with Crippen LogP contribution in [0.25, 0.3) is 0 Å². The molecule has 1 heterocycles. The number of hydrogen-bond donors (Lipinski definition) is 2. The van der Waals surface area contributed by atoms with E-state index in [4.69, 9.17) is 0 Å². The molecule has 0 bridgehead atoms. The first kappa shape index (κ1) is 21.0. The van der Waals surface area contributed by atoms with Crippen molar-refractivity contribution in [3.05, 3.63) is 53.6 Å². The Balaban J connectivity index is 1.88. The Labute approximate surface area is 171 Å². The Kier molecular flexibility index (Phi) is 6.07. The molecule has 2 amide bonds. The smallest absolute Gasteiger partial charge is 0.243 e. The van der Waals surface area contributed by atoms with Crippen LogP contribution >= 0.6 is 0 Å². The summed E-state index contributed by atoms with van der Waals surface area (Å²) in [5, 5.41) is 4.04. The summed E-state index contributed by atoms with van der Waals surface area (Å²) in [6.45, 7) is 6.16. The monoisotopic (exact) mass is 414 g/mol. The van der Waals surface area contributed by atoms with Gasteiger partial charge in [-0.2, -0.15) is 0 Å². The normalized spacial score (nSPS) is 18.4. The van der Waals surface area contributed by atoms with Crippen LogP contribution in [-0.4, -0.2) is 25.5 Å². The maximum absolute atomic E-state index is 12.9. The molecule has 2 atom stereocenters. The SMILES string of the molecule is CCc1cccc([C@@H](C)CC)c1NC(=O)C[C@@H]1C(=O)Nc2ccccc2S1(=O)=O. The van der Waals surface area contributed by atoms with Gasteiger partial charge in [0.05, 0.1) is 17.0 Å². The molecule has 0 saturated carbocycles. The highest BCUT2D eigenvalue weighted by molar-refractivity contribution is 7.93. The highest BCUT2D eigenvalue weighted by Gasteiger charge is 2.41. The molecule has 2 aromatic rings. The molecule has 0 aromatic heterocycles. The average Bonchev–Trinajstić information content (AvgIpc) is 2.70. The minimum absolute atomic E-state index is 0.0478. The fraction of sp³-hybridized carbons (Fsp3) is 0.364. The van der Waals surface area contributed by atoms with E-state index in [0.717, 1.165) is 29.7 Å². The fourth-order valence-corrected chi connectivity index (χ4v) is 5.30. The number of sulfone groups is 1. The molecule has 3 rings (SSSR count). The average molecular weight is 415 g/mol. The van der Waals surface area contributed by atoms with Crippen LogP contribution in [0.4, 0.5) is 11.4 Å². The zero-order valence-electron chi connectivity index (χ0n) is 16.9. The molecule has 0 radical (unpaired) electrons. The van der Waals surface area contributed by atoms with Gasteiger partial charge in [-0.25, -0.2) is 8.42 Å². The number of carbonyl (C=O) groups is 2. The van der Waals surface area contributed by atoms with E-state index in [-0.39, 0.29) is 16.5 Å². The lowest BCUT2D eigenvalue weighted by Gasteiger charge is -2.25. The van der Waals surface area contributed by atoms with Crippen LogP contribution in [-0.2, 0) is 25.8 Å². The van der Waals surface area contributed by atoms with Gasteiger partial charge < -0.3 is 10.6 Å². The quantitative estimate of drug-likeness (QED) is 0.750. The van der Waals surface area contributed by atoms with E-state index < -0.39 is 33.3 Å². The summed E-state index contributed by atoms with van der Waals surface area (Å²) in [5.74, 6) is -0.922. The van der Waals surface area contributed by atoms with Gasteiger partial charge in [0.25, 0.3) is 0 Å². The van der Waals surface area contributed by atoms with E-state index in [2.05, 4.69) is 24.5 Å². The summed E-state index contributed by atoms with van der Waals surface area (Å²) in [4.78, 5) is 25.3. The minimum atomic E-state index is -3.94. The van der Waals surface area contributed by atoms with Crippen LogP contribution in [0, 0.1) is 0 Å². The van der Waals surface area contributed by atoms with Gasteiger partial charge in [0.2, 0.25) is 11.8 Å². The maximum atomic E-state index is 12.9. The lowest BCUT2D eigenvalue weighted by molar-refractivity contribution is -0.121. The number of fused-ring (bicyclic) bond motifs is 1. The van der Waals surface area contributed by atoms with E-state index in [0.29, 0.717) is 0 Å². The van der Waals surface area contributed by atoms with E-state index in [9.17, 15) is 18.0 Å². The molecule has 29 heavy (non-hydrogen) atoms. The van der Waals surface area contributed by atoms with E-state index in [1.165, 1.54) is 12.1 Å². The predicted octanol–water partition coefficient (Wildman–Crippen LogP) is 3.89. The highest BCUT2D eigenvalue weighted by Crippen LogP contribution is 2.33. The molecule has 0 unspecified atom stereocenters. The molecule has 154 valence electrons. The first-order valence-corrected chi connectivity index (χ1v) is 11.4. The van der Waals surface area contributed by atoms with E-state index in [1.807, 2.05) is 25.1 Å². The van der Waals surface area contributed by atoms with Crippen LogP contribution in [0.15, 0.2) is 47.4 Å². The van der Waals surface area contributed by atoms with Gasteiger partial charge in [-0.05, 0) is 42.0 Å². The molecule has 2 aromatic carbocycles. The Morgan fingerprint density at radius 2 is 1.86 bits per heavy atom. The van der Waals surface area contributed by atoms with Gasteiger partial charge >= 0.3 is 0 Å². The van der Waals surface area contributed by atoms with Gasteiger partial charge in [-0.3, -0.25) is 9.59 Å². The van der Waals surface area contributed by atoms with Crippen molar-refractivity contribution < 1.29 is 18.0 Å². The van der Waals surface area contributed by atoms with Crippen molar-refractivity contribution in [2.24, 2.45) is 0 Å². The summed E-state index contributed by atoms with van der Waals surface area (Å²) in [6, 6.07) is 12.1. The maximum Gasteiger partial charge on any atom is 0.243 e. The van der Waals surface area contributed by atoms with Gasteiger partial charge in [0, 0.05) is 5.69 Å². The second-order valence-corrected chi connectivity index (χ2v) is 9.41. The molecule has 0 spiro atoms. The number of aryl methyl sites for hydroxylation is 1. The van der Waals surface area contributed by atoms with Gasteiger partial charge in [-0.15, -0.1) is 0 Å². The standard InChI is InChI=1S/C22H26N2O4S/c1-4-14(3)16-10-8-9-15(5-2)21(16)24-20(25)13-19-22(26)23-17-11-6-7-12-18(17)29(19,27)28/h6-12,14,19H,4-5,13H2,1-3H3,(H,23,26)(H,24,25)/t14-,19+/m0/s1. The van der Waals surface area contributed by atoms with Gasteiger partial charge in [-0.1, -0.05) is 51.1 Å². The molecular formula is C22H26N2O4S. The largest absolute Gasteiger partial charge is 0.326 e. The van der Waals surface area contributed by atoms with Crippen molar-refractivity contribution in [3.8, 4) is 0 Å². The van der Waals surface area contributed by atoms with Crippen LogP contribution in [0.1, 0.15) is 50.7 Å². The minimum Gasteiger partial charge on any atom is -0.326 e. The van der Waals surface area contributed by atoms with Crippen molar-refractivity contribution >= 4 is 33.0 Å². The summed E-state index contributed by atoms with van der Waals surface area (Å²) >= 11 is 0. The van der Waals surface area contributed by atoms with Crippen molar-refractivity contribution in [2.45, 2.75) is 56.1 Å². The Morgan fingerprint density at radius 1 is 1.14 bits per heavy atom. The van der Waals surface area contributed by atoms with Gasteiger partial charge in [0.1, 0.15) is 0 Å². The molecule has 1 aliphatic heterocycles. The molecule has 1 aliphatic rings. The number of rotatable bonds is 6. The number of amides is 2. The van der Waals surface area contributed by atoms with Crippen LogP contribution in [0.3, 0.4) is 0 Å².